The zero-order valence-electron chi connectivity index (χ0n) is 21.5. The average molecular weight is 561 g/mol. The van der Waals surface area contributed by atoms with Gasteiger partial charge in [-0.3, -0.25) is 9.21 Å². The molecule has 0 radical (unpaired) electrons. The van der Waals surface area contributed by atoms with Crippen molar-refractivity contribution in [2.75, 3.05) is 17.4 Å². The average Bonchev–Trinajstić information content (AvgIpc) is 2.94. The van der Waals surface area contributed by atoms with Crippen LogP contribution in [0.15, 0.2) is 83.8 Å². The van der Waals surface area contributed by atoms with E-state index >= 15 is 0 Å². The molecule has 0 aromatic heterocycles. The van der Waals surface area contributed by atoms with Crippen molar-refractivity contribution in [2.24, 2.45) is 0 Å². The molecule has 1 saturated carbocycles. The second-order valence-corrected chi connectivity index (χ2v) is 12.3. The fraction of sp³-hybridized carbons (Fsp3) is 0.400. The molecule has 9 heteroatoms. The van der Waals surface area contributed by atoms with Crippen LogP contribution in [-0.4, -0.2) is 38.5 Å². The van der Waals surface area contributed by atoms with E-state index in [2.05, 4.69) is 29.2 Å². The summed E-state index contributed by atoms with van der Waals surface area (Å²) < 4.78 is 83.0. The fourth-order valence-corrected chi connectivity index (χ4v) is 7.88. The summed E-state index contributed by atoms with van der Waals surface area (Å²) in [5.74, 6) is -0.188. The molecule has 2 atom stereocenters. The van der Waals surface area contributed by atoms with Gasteiger partial charge in [0, 0.05) is 25.2 Å². The first kappa shape index (κ1) is 27.6. The lowest BCUT2D eigenvalue weighted by Gasteiger charge is -2.45. The minimum Gasteiger partial charge on any atom is -0.300 e. The van der Waals surface area contributed by atoms with E-state index in [1.54, 1.807) is 0 Å². The van der Waals surface area contributed by atoms with Gasteiger partial charge in [0.2, 0.25) is 0 Å². The molecule has 3 aromatic rings. The molecular formula is C30H32F4N2O2S. The number of hydrogen-bond acceptors (Lipinski definition) is 3. The summed E-state index contributed by atoms with van der Waals surface area (Å²) in [7, 11) is -4.25. The molecule has 208 valence electrons. The topological polar surface area (TPSA) is 40.6 Å². The van der Waals surface area contributed by atoms with Gasteiger partial charge < -0.3 is 0 Å². The van der Waals surface area contributed by atoms with Gasteiger partial charge in [-0.1, -0.05) is 49.2 Å². The molecule has 0 N–H and O–H groups in total. The highest BCUT2D eigenvalue weighted by molar-refractivity contribution is 7.92. The Hall–Kier alpha value is -2.91. The fourth-order valence-electron chi connectivity index (χ4n) is 6.17. The zero-order valence-corrected chi connectivity index (χ0v) is 22.3. The molecule has 2 aliphatic rings. The standard InChI is InChI=1S/C30H32F4N2O2S/c31-24-13-15-27(16-14-24)39(37,38)36(26-10-6-9-23(21-26)30(32,33)34)25-17-19-35(20-18-25)29-12-5-4-11-28(29)22-7-2-1-3-8-22/h1-3,6-10,13-16,21,25,28-29H,4-5,11-12,17-20H2. The number of hydrogen-bond donors (Lipinski definition) is 0. The number of anilines is 1. The number of alkyl halides is 3. The minimum atomic E-state index is -4.61. The minimum absolute atomic E-state index is 0.0348. The Morgan fingerprint density at radius 1 is 0.795 bits per heavy atom. The van der Waals surface area contributed by atoms with Gasteiger partial charge in [0.15, 0.2) is 0 Å². The van der Waals surface area contributed by atoms with E-state index in [1.165, 1.54) is 24.1 Å². The number of nitrogens with zero attached hydrogens (tertiary/aromatic N) is 2. The molecule has 1 saturated heterocycles. The first-order valence-electron chi connectivity index (χ1n) is 13.4. The smallest absolute Gasteiger partial charge is 0.300 e. The maximum absolute atomic E-state index is 13.8. The molecular weight excluding hydrogens is 528 g/mol. The lowest BCUT2D eigenvalue weighted by atomic mass is 9.78. The van der Waals surface area contributed by atoms with Crippen molar-refractivity contribution in [2.45, 2.75) is 67.6 Å². The number of halogens is 4. The van der Waals surface area contributed by atoms with Crippen LogP contribution in [0.5, 0.6) is 0 Å². The van der Waals surface area contributed by atoms with Crippen LogP contribution in [0.25, 0.3) is 0 Å². The third-order valence-electron chi connectivity index (χ3n) is 8.06. The summed E-state index contributed by atoms with van der Waals surface area (Å²) in [6.45, 7) is 1.29. The molecule has 0 spiro atoms. The molecule has 4 nitrogen and oxygen atoms in total. The number of benzene rings is 3. The largest absolute Gasteiger partial charge is 0.416 e. The predicted octanol–water partition coefficient (Wildman–Crippen LogP) is 7.23. The van der Waals surface area contributed by atoms with Gasteiger partial charge in [0.05, 0.1) is 16.1 Å². The maximum Gasteiger partial charge on any atom is 0.416 e. The summed E-state index contributed by atoms with van der Waals surface area (Å²) in [5.41, 5.74) is 0.367. The summed E-state index contributed by atoms with van der Waals surface area (Å²) in [6, 6.07) is 19.1. The number of sulfonamides is 1. The van der Waals surface area contributed by atoms with Crippen molar-refractivity contribution in [1.82, 2.24) is 4.90 Å². The highest BCUT2D eigenvalue weighted by Crippen LogP contribution is 2.39. The van der Waals surface area contributed by atoms with Crippen molar-refractivity contribution in [3.63, 3.8) is 0 Å². The highest BCUT2D eigenvalue weighted by Gasteiger charge is 2.39. The first-order valence-corrected chi connectivity index (χ1v) is 14.8. The molecule has 0 bridgehead atoms. The first-order chi connectivity index (χ1) is 18.6. The van der Waals surface area contributed by atoms with Gasteiger partial charge in [-0.15, -0.1) is 0 Å². The molecule has 5 rings (SSSR count). The predicted molar refractivity (Wildman–Crippen MR) is 144 cm³/mol. The van der Waals surface area contributed by atoms with Crippen LogP contribution < -0.4 is 4.31 Å². The Kier molecular flexibility index (Phi) is 8.01. The van der Waals surface area contributed by atoms with Gasteiger partial charge in [0.25, 0.3) is 10.0 Å². The van der Waals surface area contributed by atoms with Gasteiger partial charge in [-0.25, -0.2) is 12.8 Å². The number of piperidine rings is 1. The lowest BCUT2D eigenvalue weighted by molar-refractivity contribution is -0.137. The van der Waals surface area contributed by atoms with Crippen LogP contribution in [0, 0.1) is 5.82 Å². The Bertz CT molecular complexity index is 1360. The van der Waals surface area contributed by atoms with E-state index in [0.29, 0.717) is 37.9 Å². The van der Waals surface area contributed by atoms with Crippen molar-refractivity contribution in [1.29, 1.82) is 0 Å². The molecule has 1 heterocycles. The molecule has 2 unspecified atom stereocenters. The zero-order chi connectivity index (χ0) is 27.6. The second kappa shape index (κ2) is 11.3. The van der Waals surface area contributed by atoms with Crippen LogP contribution in [0.1, 0.15) is 55.6 Å². The van der Waals surface area contributed by atoms with Gasteiger partial charge in [0.1, 0.15) is 5.82 Å². The maximum atomic E-state index is 13.8. The van der Waals surface area contributed by atoms with Crippen molar-refractivity contribution in [3.8, 4) is 0 Å². The molecule has 39 heavy (non-hydrogen) atoms. The van der Waals surface area contributed by atoms with E-state index < -0.39 is 33.6 Å². The monoisotopic (exact) mass is 560 g/mol. The summed E-state index contributed by atoms with van der Waals surface area (Å²) >= 11 is 0. The van der Waals surface area contributed by atoms with Crippen LogP contribution in [0.3, 0.4) is 0 Å². The van der Waals surface area contributed by atoms with Crippen molar-refractivity contribution < 1.29 is 26.0 Å². The summed E-state index contributed by atoms with van der Waals surface area (Å²) in [6.07, 6.45) is 0.829. The third kappa shape index (κ3) is 5.99. The molecule has 1 aliphatic carbocycles. The molecule has 3 aromatic carbocycles. The molecule has 2 fully saturated rings. The van der Waals surface area contributed by atoms with E-state index in [-0.39, 0.29) is 10.6 Å². The van der Waals surface area contributed by atoms with E-state index in [0.717, 1.165) is 60.0 Å². The van der Waals surface area contributed by atoms with Gasteiger partial charge >= 0.3 is 6.18 Å². The van der Waals surface area contributed by atoms with Crippen molar-refractivity contribution in [3.05, 3.63) is 95.8 Å². The van der Waals surface area contributed by atoms with Crippen LogP contribution in [-0.2, 0) is 16.2 Å². The summed E-state index contributed by atoms with van der Waals surface area (Å²) in [5, 5.41) is 0. The Morgan fingerprint density at radius 3 is 2.13 bits per heavy atom. The SMILES string of the molecule is O=S(=O)(c1ccc(F)cc1)N(c1cccc(C(F)(F)F)c1)C1CCN(C2CCCCC2c2ccccc2)CC1. The summed E-state index contributed by atoms with van der Waals surface area (Å²) in [4.78, 5) is 2.28. The van der Waals surface area contributed by atoms with E-state index in [4.69, 9.17) is 0 Å². The Labute approximate surface area is 227 Å². The van der Waals surface area contributed by atoms with Gasteiger partial charge in [-0.2, -0.15) is 13.2 Å². The number of likely N-dealkylation sites (tertiary alicyclic amines) is 1. The number of rotatable bonds is 6. The van der Waals surface area contributed by atoms with Crippen LogP contribution in [0.2, 0.25) is 0 Å². The molecule has 1 aliphatic heterocycles. The van der Waals surface area contributed by atoms with E-state index in [1.807, 2.05) is 6.07 Å². The van der Waals surface area contributed by atoms with E-state index in [9.17, 15) is 26.0 Å². The van der Waals surface area contributed by atoms with Gasteiger partial charge in [-0.05, 0) is 79.6 Å². The third-order valence-corrected chi connectivity index (χ3v) is 9.95. The molecule has 0 amide bonds. The Balaban J connectivity index is 1.43. The lowest BCUT2D eigenvalue weighted by Crippen LogP contribution is -2.51. The Morgan fingerprint density at radius 2 is 1.46 bits per heavy atom. The second-order valence-electron chi connectivity index (χ2n) is 10.4. The van der Waals surface area contributed by atoms with Crippen LogP contribution >= 0.6 is 0 Å². The van der Waals surface area contributed by atoms with Crippen molar-refractivity contribution >= 4 is 15.7 Å². The van der Waals surface area contributed by atoms with Crippen LogP contribution in [0.4, 0.5) is 23.2 Å². The normalized spacial score (nSPS) is 21.5. The quantitative estimate of drug-likeness (QED) is 0.299. The highest BCUT2D eigenvalue weighted by atomic mass is 32.2.